The number of imidazole rings is 1. The van der Waals surface area contributed by atoms with Crippen LogP contribution in [-0.4, -0.2) is 52.6 Å². The monoisotopic (exact) mass is 508 g/mol. The molecule has 1 fully saturated rings. The fourth-order valence-electron chi connectivity index (χ4n) is 5.20. The van der Waals surface area contributed by atoms with Crippen LogP contribution >= 0.6 is 0 Å². The number of piperidine rings is 1. The number of hydrogen-bond acceptors (Lipinski definition) is 4. The van der Waals surface area contributed by atoms with Crippen LogP contribution in [0.15, 0.2) is 104 Å². The molecule has 196 valence electrons. The molecular formula is C32H36N4O2. The summed E-state index contributed by atoms with van der Waals surface area (Å²) >= 11 is 0. The molecule has 0 bridgehead atoms. The molecule has 2 heterocycles. The molecule has 0 saturated carbocycles. The molecule has 1 unspecified atom stereocenters. The summed E-state index contributed by atoms with van der Waals surface area (Å²) < 4.78 is 8.42. The third-order valence-corrected chi connectivity index (χ3v) is 7.14. The van der Waals surface area contributed by atoms with Gasteiger partial charge >= 0.3 is 0 Å². The second-order valence-corrected chi connectivity index (χ2v) is 9.95. The van der Waals surface area contributed by atoms with Crippen LogP contribution in [0.1, 0.15) is 46.7 Å². The second kappa shape index (κ2) is 13.1. The molecule has 1 amide bonds. The van der Waals surface area contributed by atoms with Crippen LogP contribution in [0.2, 0.25) is 0 Å². The van der Waals surface area contributed by atoms with Crippen molar-refractivity contribution in [2.75, 3.05) is 26.2 Å². The van der Waals surface area contributed by atoms with E-state index in [4.69, 9.17) is 4.74 Å². The topological polar surface area (TPSA) is 59.4 Å². The van der Waals surface area contributed by atoms with E-state index in [-0.39, 0.29) is 12.0 Å². The Morgan fingerprint density at radius 1 is 1.00 bits per heavy atom. The van der Waals surface area contributed by atoms with E-state index >= 15 is 0 Å². The summed E-state index contributed by atoms with van der Waals surface area (Å²) in [7, 11) is 0. The Bertz CT molecular complexity index is 1220. The predicted molar refractivity (Wildman–Crippen MR) is 150 cm³/mol. The molecule has 1 saturated heterocycles. The lowest BCUT2D eigenvalue weighted by Gasteiger charge is -2.35. The van der Waals surface area contributed by atoms with Gasteiger partial charge in [-0.15, -0.1) is 0 Å². The van der Waals surface area contributed by atoms with Crippen LogP contribution in [0.25, 0.3) is 0 Å². The van der Waals surface area contributed by atoms with Crippen LogP contribution in [0.3, 0.4) is 0 Å². The first-order valence-electron chi connectivity index (χ1n) is 13.6. The lowest BCUT2D eigenvalue weighted by Crippen LogP contribution is -2.43. The number of nitrogens with one attached hydrogen (secondary N) is 1. The van der Waals surface area contributed by atoms with Crippen molar-refractivity contribution in [2.24, 2.45) is 0 Å². The Hall–Kier alpha value is -3.90. The number of aryl methyl sites for hydroxylation is 1. The Morgan fingerprint density at radius 2 is 1.76 bits per heavy atom. The molecule has 0 radical (unpaired) electrons. The molecule has 1 aliphatic heterocycles. The molecular weight excluding hydrogens is 472 g/mol. The summed E-state index contributed by atoms with van der Waals surface area (Å²) in [6.45, 7) is 4.34. The molecule has 0 aliphatic carbocycles. The summed E-state index contributed by atoms with van der Waals surface area (Å²) in [5.74, 6) is 1.00. The average Bonchev–Trinajstić information content (AvgIpc) is 3.49. The highest BCUT2D eigenvalue weighted by Gasteiger charge is 2.25. The molecule has 3 aromatic carbocycles. The zero-order chi connectivity index (χ0) is 26.0. The van der Waals surface area contributed by atoms with Crippen molar-refractivity contribution in [3.05, 3.63) is 120 Å². The van der Waals surface area contributed by atoms with Gasteiger partial charge in [-0.2, -0.15) is 0 Å². The van der Waals surface area contributed by atoms with Crippen molar-refractivity contribution in [1.29, 1.82) is 0 Å². The number of hydrogen-bond donors (Lipinski definition) is 1. The van der Waals surface area contributed by atoms with E-state index in [2.05, 4.69) is 75.9 Å². The molecule has 1 aliphatic rings. The Morgan fingerprint density at radius 3 is 2.47 bits per heavy atom. The van der Waals surface area contributed by atoms with Gasteiger partial charge in [-0.25, -0.2) is 4.98 Å². The first-order valence-corrected chi connectivity index (χ1v) is 13.6. The number of aromatic nitrogens is 2. The quantitative estimate of drug-likeness (QED) is 0.277. The molecule has 6 heteroatoms. The SMILES string of the molecule is O=C(NCCCn1ccnc1)c1cccc(OC2CCCN(CC(c3ccccc3)c3ccccc3)C2)c1. The fraction of sp³-hybridized carbons (Fsp3) is 0.312. The smallest absolute Gasteiger partial charge is 0.251 e. The molecule has 4 aromatic rings. The second-order valence-electron chi connectivity index (χ2n) is 9.95. The summed E-state index contributed by atoms with van der Waals surface area (Å²) in [6.07, 6.45) is 8.55. The highest BCUT2D eigenvalue weighted by atomic mass is 16.5. The average molecular weight is 509 g/mol. The van der Waals surface area contributed by atoms with Gasteiger partial charge in [0.15, 0.2) is 0 Å². The van der Waals surface area contributed by atoms with Crippen LogP contribution in [0, 0.1) is 0 Å². The first-order chi connectivity index (χ1) is 18.7. The largest absolute Gasteiger partial charge is 0.489 e. The minimum Gasteiger partial charge on any atom is -0.489 e. The lowest BCUT2D eigenvalue weighted by molar-refractivity contribution is 0.0861. The van der Waals surface area contributed by atoms with Gasteiger partial charge in [0.1, 0.15) is 11.9 Å². The van der Waals surface area contributed by atoms with E-state index in [9.17, 15) is 4.79 Å². The molecule has 1 atom stereocenters. The highest BCUT2D eigenvalue weighted by molar-refractivity contribution is 5.94. The van der Waals surface area contributed by atoms with Gasteiger partial charge in [-0.3, -0.25) is 9.69 Å². The minimum atomic E-state index is -0.0695. The van der Waals surface area contributed by atoms with Crippen molar-refractivity contribution in [3.8, 4) is 5.75 Å². The van der Waals surface area contributed by atoms with E-state index in [1.165, 1.54) is 11.1 Å². The van der Waals surface area contributed by atoms with E-state index in [0.29, 0.717) is 18.0 Å². The van der Waals surface area contributed by atoms with E-state index < -0.39 is 0 Å². The maximum atomic E-state index is 12.7. The maximum absolute atomic E-state index is 12.7. The van der Waals surface area contributed by atoms with Gasteiger partial charge in [0.2, 0.25) is 0 Å². The molecule has 1 N–H and O–H groups in total. The normalized spacial score (nSPS) is 15.9. The number of benzene rings is 3. The Kier molecular flexibility index (Phi) is 8.85. The number of likely N-dealkylation sites (tertiary alicyclic amines) is 1. The standard InChI is InChI=1S/C32H36N4O2/c37-32(34-17-9-20-35-21-18-33-25-35)28-14-7-15-29(22-28)38-30-16-8-19-36(23-30)24-31(26-10-3-1-4-11-26)27-12-5-2-6-13-27/h1-7,10-15,18,21-22,25,30-31H,8-9,16-17,19-20,23-24H2,(H,34,37). The van der Waals surface area contributed by atoms with Crippen molar-refractivity contribution >= 4 is 5.91 Å². The Labute approximate surface area is 225 Å². The minimum absolute atomic E-state index is 0.0695. The van der Waals surface area contributed by atoms with Crippen LogP contribution in [0.4, 0.5) is 0 Å². The third kappa shape index (κ3) is 7.11. The predicted octanol–water partition coefficient (Wildman–Crippen LogP) is 5.38. The van der Waals surface area contributed by atoms with E-state index in [1.54, 1.807) is 12.5 Å². The number of carbonyl (C=O) groups is 1. The van der Waals surface area contributed by atoms with Gasteiger partial charge in [0.05, 0.1) is 6.33 Å². The van der Waals surface area contributed by atoms with Crippen molar-refractivity contribution in [1.82, 2.24) is 19.8 Å². The number of nitrogens with zero attached hydrogens (tertiary/aromatic N) is 3. The number of rotatable bonds is 11. The van der Waals surface area contributed by atoms with Crippen LogP contribution < -0.4 is 10.1 Å². The molecule has 6 nitrogen and oxygen atoms in total. The van der Waals surface area contributed by atoms with Gasteiger partial charge in [0, 0.05) is 50.1 Å². The maximum Gasteiger partial charge on any atom is 0.251 e. The Balaban J connectivity index is 1.16. The van der Waals surface area contributed by atoms with Gasteiger partial charge in [-0.05, 0) is 55.1 Å². The number of ether oxygens (including phenoxy) is 1. The zero-order valence-corrected chi connectivity index (χ0v) is 21.8. The van der Waals surface area contributed by atoms with Gasteiger partial charge in [0.25, 0.3) is 5.91 Å². The third-order valence-electron chi connectivity index (χ3n) is 7.14. The van der Waals surface area contributed by atoms with Gasteiger partial charge < -0.3 is 14.6 Å². The van der Waals surface area contributed by atoms with E-state index in [0.717, 1.165) is 51.2 Å². The molecule has 38 heavy (non-hydrogen) atoms. The number of carbonyl (C=O) groups excluding carboxylic acids is 1. The van der Waals surface area contributed by atoms with E-state index in [1.807, 2.05) is 35.0 Å². The molecule has 0 spiro atoms. The van der Waals surface area contributed by atoms with Crippen LogP contribution in [0.5, 0.6) is 5.75 Å². The van der Waals surface area contributed by atoms with Crippen molar-refractivity contribution < 1.29 is 9.53 Å². The summed E-state index contributed by atoms with van der Waals surface area (Å²) in [5.41, 5.74) is 3.31. The highest BCUT2D eigenvalue weighted by Crippen LogP contribution is 2.28. The lowest BCUT2D eigenvalue weighted by atomic mass is 9.90. The number of amides is 1. The van der Waals surface area contributed by atoms with Crippen molar-refractivity contribution in [3.63, 3.8) is 0 Å². The zero-order valence-electron chi connectivity index (χ0n) is 21.8. The summed E-state index contributed by atoms with van der Waals surface area (Å²) in [6, 6.07) is 29.1. The fourth-order valence-corrected chi connectivity index (χ4v) is 5.20. The van der Waals surface area contributed by atoms with Crippen LogP contribution in [-0.2, 0) is 6.54 Å². The molecule has 5 rings (SSSR count). The molecule has 1 aromatic heterocycles. The first kappa shape index (κ1) is 25.7. The van der Waals surface area contributed by atoms with Gasteiger partial charge in [-0.1, -0.05) is 66.7 Å². The summed E-state index contributed by atoms with van der Waals surface area (Å²) in [4.78, 5) is 19.3. The van der Waals surface area contributed by atoms with Crippen molar-refractivity contribution in [2.45, 2.75) is 37.8 Å². The summed E-state index contributed by atoms with van der Waals surface area (Å²) in [5, 5.41) is 3.02.